The Morgan fingerprint density at radius 1 is 0.304 bits per heavy atom. The molecule has 11 rings (SSSR count). The van der Waals surface area contributed by atoms with Gasteiger partial charge in [-0.3, -0.25) is 0 Å². The maximum absolute atomic E-state index is 5.98. The number of pyridine rings is 1. The number of nitrogens with zero attached hydrogens (tertiary/aromatic N) is 1. The fourth-order valence-electron chi connectivity index (χ4n) is 8.09. The number of benzene rings is 8. The summed E-state index contributed by atoms with van der Waals surface area (Å²) in [6.07, 6.45) is 1.77. The molecule has 3 aromatic heterocycles. The Labute approximate surface area is 328 Å². The molecular weight excluding hydrogens is 699 g/mol. The number of aromatic nitrogens is 1. The first-order valence-electron chi connectivity index (χ1n) is 18.9. The standard InChI is InChI=1S/C53H33NOS/c1-2-21-51-46(19-1)49-33-45(23-25-52(49)56-51)43-18-7-16-41(31-43)39-14-5-12-37(29-39)35-10-3-9-34(27-35)36-11-4-13-38(28-36)40-15-6-17-42(30-40)44-22-24-50-48(32-44)47-20-8-26-54-53(47)55-50/h1-33H. The van der Waals surface area contributed by atoms with Gasteiger partial charge in [0.1, 0.15) is 5.58 Å². The summed E-state index contributed by atoms with van der Waals surface area (Å²) in [6.45, 7) is 0. The number of rotatable bonds is 6. The van der Waals surface area contributed by atoms with Crippen LogP contribution in [0.5, 0.6) is 0 Å². The maximum atomic E-state index is 5.98. The van der Waals surface area contributed by atoms with Crippen LogP contribution in [0.1, 0.15) is 0 Å². The van der Waals surface area contributed by atoms with Gasteiger partial charge in [0.25, 0.3) is 0 Å². The van der Waals surface area contributed by atoms with Crippen LogP contribution in [0.2, 0.25) is 0 Å². The second-order valence-electron chi connectivity index (χ2n) is 14.4. The fraction of sp³-hybridized carbons (Fsp3) is 0. The molecular formula is C53H33NOS. The predicted octanol–water partition coefficient (Wildman–Crippen LogP) is 15.4. The van der Waals surface area contributed by atoms with Crippen molar-refractivity contribution in [1.82, 2.24) is 4.98 Å². The molecule has 0 atom stereocenters. The minimum absolute atomic E-state index is 0.671. The van der Waals surface area contributed by atoms with E-state index in [1.807, 2.05) is 23.5 Å². The number of thiophene rings is 1. The molecule has 0 unspecified atom stereocenters. The highest BCUT2D eigenvalue weighted by Crippen LogP contribution is 2.38. The van der Waals surface area contributed by atoms with Gasteiger partial charge in [-0.05, 0) is 140 Å². The second-order valence-corrected chi connectivity index (χ2v) is 15.5. The van der Waals surface area contributed by atoms with Crippen LogP contribution in [0.15, 0.2) is 205 Å². The van der Waals surface area contributed by atoms with Crippen LogP contribution < -0.4 is 0 Å². The molecule has 0 aliphatic rings. The van der Waals surface area contributed by atoms with E-state index in [-0.39, 0.29) is 0 Å². The van der Waals surface area contributed by atoms with E-state index < -0.39 is 0 Å². The zero-order valence-corrected chi connectivity index (χ0v) is 31.1. The first-order chi connectivity index (χ1) is 27.7. The molecule has 3 heterocycles. The molecule has 0 N–H and O–H groups in total. The molecule has 3 heteroatoms. The lowest BCUT2D eigenvalue weighted by atomic mass is 9.93. The minimum Gasteiger partial charge on any atom is -0.438 e. The van der Waals surface area contributed by atoms with Gasteiger partial charge in [-0.2, -0.15) is 0 Å². The fourth-order valence-corrected chi connectivity index (χ4v) is 9.17. The van der Waals surface area contributed by atoms with Crippen molar-refractivity contribution >= 4 is 53.6 Å². The molecule has 0 radical (unpaired) electrons. The van der Waals surface area contributed by atoms with Crippen LogP contribution >= 0.6 is 11.3 Å². The van der Waals surface area contributed by atoms with Gasteiger partial charge in [0, 0.05) is 37.1 Å². The summed E-state index contributed by atoms with van der Waals surface area (Å²) >= 11 is 1.86. The largest absolute Gasteiger partial charge is 0.438 e. The molecule has 8 aromatic carbocycles. The van der Waals surface area contributed by atoms with Crippen LogP contribution in [-0.2, 0) is 0 Å². The highest BCUT2D eigenvalue weighted by Gasteiger charge is 2.12. The normalized spacial score (nSPS) is 11.6. The Kier molecular flexibility index (Phi) is 7.72. The molecule has 11 aromatic rings. The molecule has 0 spiro atoms. The molecule has 0 aliphatic carbocycles. The number of furan rings is 1. The number of fused-ring (bicyclic) bond motifs is 6. The lowest BCUT2D eigenvalue weighted by molar-refractivity contribution is 0.654. The average Bonchev–Trinajstić information content (AvgIpc) is 3.84. The third kappa shape index (κ3) is 5.78. The Balaban J connectivity index is 0.886. The van der Waals surface area contributed by atoms with Crippen molar-refractivity contribution in [3.8, 4) is 66.8 Å². The molecule has 0 aliphatic heterocycles. The van der Waals surface area contributed by atoms with E-state index in [4.69, 9.17) is 4.42 Å². The van der Waals surface area contributed by atoms with Gasteiger partial charge in [-0.15, -0.1) is 11.3 Å². The van der Waals surface area contributed by atoms with Crippen LogP contribution in [0, 0.1) is 0 Å². The van der Waals surface area contributed by atoms with Crippen molar-refractivity contribution in [3.05, 3.63) is 200 Å². The van der Waals surface area contributed by atoms with Crippen LogP contribution in [0.25, 0.3) is 109 Å². The summed E-state index contributed by atoms with van der Waals surface area (Å²) in [7, 11) is 0. The van der Waals surface area contributed by atoms with Gasteiger partial charge in [0.2, 0.25) is 5.71 Å². The lowest BCUT2D eigenvalue weighted by Gasteiger charge is -2.11. The smallest absolute Gasteiger partial charge is 0.227 e. The molecule has 56 heavy (non-hydrogen) atoms. The SMILES string of the molecule is c1cc(-c2cccc(-c3cccc(-c4ccc5oc6ncccc6c5c4)c3)c2)cc(-c2cccc(-c3cccc(-c4ccc5sc6ccccc6c5c4)c3)c2)c1. The maximum Gasteiger partial charge on any atom is 0.227 e. The van der Waals surface area contributed by atoms with Gasteiger partial charge in [0.05, 0.1) is 0 Å². The van der Waals surface area contributed by atoms with E-state index in [0.29, 0.717) is 5.71 Å². The molecule has 0 fully saturated rings. The third-order valence-electron chi connectivity index (χ3n) is 10.9. The molecule has 0 saturated heterocycles. The van der Waals surface area contributed by atoms with Gasteiger partial charge >= 0.3 is 0 Å². The van der Waals surface area contributed by atoms with Crippen molar-refractivity contribution in [2.45, 2.75) is 0 Å². The predicted molar refractivity (Wildman–Crippen MR) is 237 cm³/mol. The third-order valence-corrected chi connectivity index (χ3v) is 12.1. The number of hydrogen-bond donors (Lipinski definition) is 0. The van der Waals surface area contributed by atoms with Crippen LogP contribution in [0.3, 0.4) is 0 Å². The summed E-state index contributed by atoms with van der Waals surface area (Å²) in [5.41, 5.74) is 15.8. The Bertz CT molecular complexity index is 3060. The van der Waals surface area contributed by atoms with Crippen molar-refractivity contribution < 1.29 is 4.42 Å². The molecule has 0 bridgehead atoms. The van der Waals surface area contributed by atoms with E-state index in [9.17, 15) is 0 Å². The summed E-state index contributed by atoms with van der Waals surface area (Å²) in [6, 6.07) is 70.4. The molecule has 0 saturated carbocycles. The number of hydrogen-bond acceptors (Lipinski definition) is 3. The highest BCUT2D eigenvalue weighted by molar-refractivity contribution is 7.25. The Morgan fingerprint density at radius 2 is 0.714 bits per heavy atom. The first kappa shape index (κ1) is 32.4. The van der Waals surface area contributed by atoms with E-state index >= 15 is 0 Å². The average molecular weight is 732 g/mol. The topological polar surface area (TPSA) is 26.0 Å². The van der Waals surface area contributed by atoms with Crippen molar-refractivity contribution in [2.75, 3.05) is 0 Å². The first-order valence-corrected chi connectivity index (χ1v) is 19.7. The van der Waals surface area contributed by atoms with E-state index in [1.54, 1.807) is 6.20 Å². The van der Waals surface area contributed by atoms with Crippen molar-refractivity contribution in [2.24, 2.45) is 0 Å². The minimum atomic E-state index is 0.671. The highest BCUT2D eigenvalue weighted by atomic mass is 32.1. The summed E-state index contributed by atoms with van der Waals surface area (Å²) in [4.78, 5) is 4.40. The van der Waals surface area contributed by atoms with Gasteiger partial charge < -0.3 is 4.42 Å². The molecule has 0 amide bonds. The Morgan fingerprint density at radius 3 is 1.23 bits per heavy atom. The second kappa shape index (κ2) is 13.3. The van der Waals surface area contributed by atoms with Crippen LogP contribution in [0.4, 0.5) is 0 Å². The monoisotopic (exact) mass is 731 g/mol. The zero-order valence-electron chi connectivity index (χ0n) is 30.3. The van der Waals surface area contributed by atoms with Crippen molar-refractivity contribution in [1.29, 1.82) is 0 Å². The lowest BCUT2D eigenvalue weighted by Crippen LogP contribution is -1.86. The van der Waals surface area contributed by atoms with E-state index in [2.05, 4.69) is 187 Å². The van der Waals surface area contributed by atoms with Gasteiger partial charge in [-0.1, -0.05) is 121 Å². The van der Waals surface area contributed by atoms with E-state index in [1.165, 1.54) is 75.8 Å². The van der Waals surface area contributed by atoms with E-state index in [0.717, 1.165) is 27.5 Å². The van der Waals surface area contributed by atoms with Gasteiger partial charge in [0.15, 0.2) is 0 Å². The van der Waals surface area contributed by atoms with Crippen LogP contribution in [-0.4, -0.2) is 4.98 Å². The zero-order chi connectivity index (χ0) is 37.0. The van der Waals surface area contributed by atoms with Crippen molar-refractivity contribution in [3.63, 3.8) is 0 Å². The molecule has 262 valence electrons. The summed E-state index contributed by atoms with van der Waals surface area (Å²) in [5.74, 6) is 0. The Hall–Kier alpha value is -7.07. The quantitative estimate of drug-likeness (QED) is 0.170. The van der Waals surface area contributed by atoms with Gasteiger partial charge in [-0.25, -0.2) is 4.98 Å². The summed E-state index contributed by atoms with van der Waals surface area (Å²) < 4.78 is 8.64. The summed E-state index contributed by atoms with van der Waals surface area (Å²) in [5, 5.41) is 4.77. The molecule has 2 nitrogen and oxygen atoms in total.